The number of nitrogens with zero attached hydrogens (tertiary/aromatic N) is 2. The van der Waals surface area contributed by atoms with E-state index in [2.05, 4.69) is 29.6 Å². The third-order valence-electron chi connectivity index (χ3n) is 8.74. The molecule has 3 saturated heterocycles. The molecule has 0 aromatic carbocycles. The van der Waals surface area contributed by atoms with Crippen LogP contribution in [0, 0.1) is 17.3 Å². The molecule has 0 radical (unpaired) electrons. The largest absolute Gasteiger partial charge is 0.345 e. The van der Waals surface area contributed by atoms with Crippen molar-refractivity contribution >= 4 is 22.8 Å². The molecule has 1 spiro atoms. The number of hydrogen-bond donors (Lipinski definition) is 3. The molecule has 1 amide bonds. The van der Waals surface area contributed by atoms with Crippen molar-refractivity contribution < 1.29 is 20.3 Å². The third kappa shape index (κ3) is 3.63. The van der Waals surface area contributed by atoms with E-state index in [9.17, 15) is 4.79 Å². The Morgan fingerprint density at radius 2 is 1.80 bits per heavy atom. The summed E-state index contributed by atoms with van der Waals surface area (Å²) in [5, 5.41) is 6.64. The van der Waals surface area contributed by atoms with Gasteiger partial charge in [0.25, 0.3) is 5.17 Å². The molecule has 0 bridgehead atoms. The smallest absolute Gasteiger partial charge is 0.257 e. The second-order valence-electron chi connectivity index (χ2n) is 10.8. The number of carbonyl (C=O) groups excluding carboxylic acids is 1. The number of piperidine rings is 2. The first-order valence-electron chi connectivity index (χ1n) is 12.6. The molecule has 0 aromatic heterocycles. The van der Waals surface area contributed by atoms with Crippen molar-refractivity contribution in [2.24, 2.45) is 22.2 Å². The number of nitrogens with two attached hydrogens (primary N) is 2. The number of amides is 1. The van der Waals surface area contributed by atoms with Gasteiger partial charge in [0.15, 0.2) is 0 Å². The summed E-state index contributed by atoms with van der Waals surface area (Å²) in [5.41, 5.74) is 0.0972. The van der Waals surface area contributed by atoms with E-state index < -0.39 is 0 Å². The van der Waals surface area contributed by atoms with E-state index in [1.807, 2.05) is 11.8 Å². The first-order valence-corrected chi connectivity index (χ1v) is 13.5. The van der Waals surface area contributed by atoms with E-state index in [0.717, 1.165) is 38.6 Å². The average molecular weight is 437 g/mol. The number of nitrogens with one attached hydrogen (secondary N) is 1. The van der Waals surface area contributed by atoms with Gasteiger partial charge in [-0.25, -0.2) is 4.99 Å². The molecule has 5 N–H and O–H groups in total. The van der Waals surface area contributed by atoms with Crippen LogP contribution in [0.3, 0.4) is 0 Å². The summed E-state index contributed by atoms with van der Waals surface area (Å²) in [5.74, 6) is 1.42. The molecule has 5 atom stereocenters. The minimum atomic E-state index is 0.0972. The fraction of sp³-hybridized carbons (Fsp3) is 0.913. The third-order valence-corrected chi connectivity index (χ3v) is 10.5. The Morgan fingerprint density at radius 1 is 1.07 bits per heavy atom. The first kappa shape index (κ1) is 21.2. The molecule has 5 rings (SSSR count). The first-order chi connectivity index (χ1) is 14.6. The van der Waals surface area contributed by atoms with Gasteiger partial charge in [-0.3, -0.25) is 9.69 Å². The summed E-state index contributed by atoms with van der Waals surface area (Å²) in [6, 6.07) is 0.896. The number of likely N-dealkylation sites (tertiary alicyclic amines) is 1. The fourth-order valence-corrected chi connectivity index (χ4v) is 8.83. The summed E-state index contributed by atoms with van der Waals surface area (Å²) < 4.78 is 0. The van der Waals surface area contributed by atoms with Crippen LogP contribution in [0.25, 0.3) is 0 Å². The maximum Gasteiger partial charge on any atom is 0.257 e. The molecule has 1 aliphatic carbocycles. The Labute approximate surface area is 186 Å². The van der Waals surface area contributed by atoms with Crippen molar-refractivity contribution in [3.8, 4) is 0 Å². The van der Waals surface area contributed by atoms with Crippen LogP contribution in [0.15, 0.2) is 4.99 Å². The zero-order valence-electron chi connectivity index (χ0n) is 18.9. The highest BCUT2D eigenvalue weighted by Crippen LogP contribution is 2.46. The monoisotopic (exact) mass is 436 g/mol. The second kappa shape index (κ2) is 8.72. The highest BCUT2D eigenvalue weighted by molar-refractivity contribution is 8.14. The molecule has 6 nitrogen and oxygen atoms in total. The molecular weight excluding hydrogens is 394 g/mol. The molecule has 30 heavy (non-hydrogen) atoms. The average Bonchev–Trinajstić information content (AvgIpc) is 3.40. The molecule has 4 aliphatic heterocycles. The number of carbonyl (C=O) groups is 1. The van der Waals surface area contributed by atoms with Crippen LogP contribution >= 0.6 is 11.8 Å². The summed E-state index contributed by atoms with van der Waals surface area (Å²) >= 11 is 2.00. The van der Waals surface area contributed by atoms with Gasteiger partial charge in [-0.2, -0.15) is 0 Å². The van der Waals surface area contributed by atoms with E-state index in [1.165, 1.54) is 61.4 Å². The minimum Gasteiger partial charge on any atom is -0.345 e. The minimum absolute atomic E-state index is 0.0972. The maximum atomic E-state index is 14.2. The van der Waals surface area contributed by atoms with Gasteiger partial charge in [0.1, 0.15) is 12.0 Å². The van der Waals surface area contributed by atoms with Crippen LogP contribution in [0.5, 0.6) is 0 Å². The highest BCUT2D eigenvalue weighted by atomic mass is 32.2. The standard InChI is InChI=1S/C23H39N5OS/c1-27(2)22-26-18-13-25-15-23(20(18)30-22)14-24-12-17(23)21(29)28-11-7-6-10-19(28)16-8-4-3-5-9-16/h16-20,24-25H,3-15H2,1-2H3/p+3/t17-,18?,19?,20?,23-/m0/s1. The molecule has 3 unspecified atom stereocenters. The van der Waals surface area contributed by atoms with Crippen molar-refractivity contribution in [2.75, 3.05) is 46.8 Å². The lowest BCUT2D eigenvalue weighted by atomic mass is 9.69. The van der Waals surface area contributed by atoms with Crippen molar-refractivity contribution in [1.82, 2.24) is 4.90 Å². The molecule has 4 fully saturated rings. The number of thioether (sulfide) groups is 1. The molecule has 5 aliphatic rings. The highest BCUT2D eigenvalue weighted by Gasteiger charge is 2.64. The van der Waals surface area contributed by atoms with Gasteiger partial charge in [0.2, 0.25) is 5.91 Å². The SMILES string of the molecule is C[NH+](C)C1=NC2C[NH2+]C[C@]3(C[NH2+]C[C@H]3C(=O)N3CCCCC3C3CCCCC3)C2S1. The normalized spacial score (nSPS) is 40.1. The Hall–Kier alpha value is -0.630. The Bertz CT molecular complexity index is 679. The number of aliphatic imine (C=N–C) groups is 1. The fourth-order valence-electron chi connectivity index (χ4n) is 7.23. The van der Waals surface area contributed by atoms with E-state index in [0.29, 0.717) is 23.2 Å². The van der Waals surface area contributed by atoms with Crippen molar-refractivity contribution in [3.63, 3.8) is 0 Å². The Kier molecular flexibility index (Phi) is 6.17. The number of fused-ring (bicyclic) bond motifs is 2. The van der Waals surface area contributed by atoms with Gasteiger partial charge in [-0.15, -0.1) is 0 Å². The molecule has 1 saturated carbocycles. The lowest BCUT2D eigenvalue weighted by molar-refractivity contribution is -0.753. The van der Waals surface area contributed by atoms with E-state index in [-0.39, 0.29) is 11.3 Å². The zero-order chi connectivity index (χ0) is 20.7. The number of rotatable bonds is 2. The molecule has 0 aromatic rings. The van der Waals surface area contributed by atoms with Crippen molar-refractivity contribution in [1.29, 1.82) is 0 Å². The predicted octanol–water partition coefficient (Wildman–Crippen LogP) is -1.31. The summed E-state index contributed by atoms with van der Waals surface area (Å²) in [6.45, 7) is 5.27. The van der Waals surface area contributed by atoms with E-state index in [4.69, 9.17) is 4.99 Å². The van der Waals surface area contributed by atoms with E-state index in [1.54, 1.807) is 0 Å². The predicted molar refractivity (Wildman–Crippen MR) is 121 cm³/mol. The van der Waals surface area contributed by atoms with Crippen LogP contribution in [0.4, 0.5) is 0 Å². The molecule has 4 heterocycles. The summed E-state index contributed by atoms with van der Waals surface area (Å²) in [4.78, 5) is 23.0. The van der Waals surface area contributed by atoms with Crippen LogP contribution in [0.1, 0.15) is 51.4 Å². The number of quaternary nitrogens is 3. The lowest BCUT2D eigenvalue weighted by Crippen LogP contribution is -3.07. The summed E-state index contributed by atoms with van der Waals surface area (Å²) in [6.07, 6.45) is 10.6. The van der Waals surface area contributed by atoms with Crippen LogP contribution in [-0.4, -0.2) is 80.1 Å². The molecule has 7 heteroatoms. The van der Waals surface area contributed by atoms with Gasteiger partial charge >= 0.3 is 0 Å². The number of amidine groups is 1. The lowest BCUT2D eigenvalue weighted by Gasteiger charge is -2.46. The van der Waals surface area contributed by atoms with Crippen LogP contribution < -0.4 is 15.5 Å². The van der Waals surface area contributed by atoms with Crippen molar-refractivity contribution in [2.45, 2.75) is 68.7 Å². The maximum absolute atomic E-state index is 14.2. The quantitative estimate of drug-likeness (QED) is 0.503. The zero-order valence-corrected chi connectivity index (χ0v) is 19.8. The second-order valence-corrected chi connectivity index (χ2v) is 11.9. The van der Waals surface area contributed by atoms with Crippen molar-refractivity contribution in [3.05, 3.63) is 0 Å². The van der Waals surface area contributed by atoms with Gasteiger partial charge in [0.05, 0.1) is 50.9 Å². The summed E-state index contributed by atoms with van der Waals surface area (Å²) in [7, 11) is 4.37. The topological polar surface area (TPSA) is 70.3 Å². The molecular formula is C23H42N5OS+3. The van der Waals surface area contributed by atoms with Gasteiger partial charge in [-0.05, 0) is 49.8 Å². The molecule has 168 valence electrons. The number of hydrogen-bond acceptors (Lipinski definition) is 3. The van der Waals surface area contributed by atoms with E-state index >= 15 is 0 Å². The van der Waals surface area contributed by atoms with Gasteiger partial charge < -0.3 is 15.5 Å². The van der Waals surface area contributed by atoms with Gasteiger partial charge in [-0.1, -0.05) is 19.3 Å². The Morgan fingerprint density at radius 3 is 2.57 bits per heavy atom. The van der Waals surface area contributed by atoms with Crippen LogP contribution in [0.2, 0.25) is 0 Å². The van der Waals surface area contributed by atoms with Gasteiger partial charge in [0, 0.05) is 12.6 Å². The Balaban J connectivity index is 1.38. The van der Waals surface area contributed by atoms with Crippen LogP contribution in [-0.2, 0) is 4.79 Å².